The number of carbonyl (C=O) groups excluding carboxylic acids is 8. The van der Waals surface area contributed by atoms with Crippen LogP contribution in [0.5, 0.6) is 0 Å². The molecule has 0 spiro atoms. The lowest BCUT2D eigenvalue weighted by molar-refractivity contribution is -0.140. The molecule has 4 aliphatic heterocycles. The smallest absolute Gasteiger partial charge is 0.410 e. The summed E-state index contributed by atoms with van der Waals surface area (Å²) in [6.45, 7) is 38.3. The minimum atomic E-state index is -0.483. The van der Waals surface area contributed by atoms with E-state index < -0.39 is 5.60 Å². The molecule has 4 fully saturated rings. The van der Waals surface area contributed by atoms with Gasteiger partial charge in [-0.15, -0.1) is 0 Å². The van der Waals surface area contributed by atoms with Crippen molar-refractivity contribution < 1.29 is 52.6 Å². The van der Waals surface area contributed by atoms with Gasteiger partial charge in [-0.25, -0.2) is 14.4 Å². The van der Waals surface area contributed by atoms with Gasteiger partial charge in [0.05, 0.1) is 30.3 Å². The molecular formula is C118H164N8O11. The van der Waals surface area contributed by atoms with Crippen LogP contribution in [0, 0.1) is 70.5 Å². The Bertz CT molecular complexity index is 5200. The van der Waals surface area contributed by atoms with E-state index in [9.17, 15) is 38.4 Å². The molecule has 0 saturated heterocycles. The fourth-order valence-corrected chi connectivity index (χ4v) is 25.4. The summed E-state index contributed by atoms with van der Waals surface area (Å²) in [7, 11) is 7.36. The van der Waals surface area contributed by atoms with Crippen LogP contribution in [0.15, 0.2) is 150 Å². The van der Waals surface area contributed by atoms with Gasteiger partial charge in [-0.05, 0) is 337 Å². The first-order chi connectivity index (χ1) is 65.4. The van der Waals surface area contributed by atoms with Gasteiger partial charge >= 0.3 is 18.3 Å². The third kappa shape index (κ3) is 25.0. The summed E-state index contributed by atoms with van der Waals surface area (Å²) in [5.74, 6) is 5.14. The molecule has 4 atom stereocenters. The summed E-state index contributed by atoms with van der Waals surface area (Å²) < 4.78 is 16.3. The SMILES string of the molecule is CC(C)C1C2=C(CCN1C(=O)C1CCC(CN(C)C(=O)OCc3ccccc3)CC1)c1ccccc1C2.CC(C)OC(=O)N(C)CC1CCC(C(=O)N2CCC3=C(Cc4ccccc43)C2C(C)C)CC1.CCC(=O)N(C)CC1CCC(C(=O)N2CCC3=C(Cc4ccccc43)C2C(C)C)CC1.CN(CC1CCC(C(=O)N2CCC3=C(Cc4ccccc43)C2CC(C)(C)C)CC1)C(=O)OC(C)(C)C. The molecule has 5 aromatic carbocycles. The van der Waals surface area contributed by atoms with Crippen molar-refractivity contribution in [3.05, 3.63) is 200 Å². The maximum absolute atomic E-state index is 13.9. The van der Waals surface area contributed by atoms with Crippen LogP contribution in [0.1, 0.15) is 295 Å². The molecule has 17 rings (SSSR count). The Kier molecular flexibility index (Phi) is 34.3. The predicted molar refractivity (Wildman–Crippen MR) is 549 cm³/mol. The van der Waals surface area contributed by atoms with E-state index in [0.717, 1.165) is 199 Å². The first-order valence-corrected chi connectivity index (χ1v) is 52.8. The lowest BCUT2D eigenvalue weighted by Gasteiger charge is -2.43. The molecule has 137 heavy (non-hydrogen) atoms. The Balaban J connectivity index is 0.000000146. The van der Waals surface area contributed by atoms with Gasteiger partial charge < -0.3 is 53.4 Å². The number of hydrogen-bond donors (Lipinski definition) is 0. The van der Waals surface area contributed by atoms with Gasteiger partial charge in [0.15, 0.2) is 0 Å². The first kappa shape index (κ1) is 103. The van der Waals surface area contributed by atoms with E-state index >= 15 is 0 Å². The Hall–Kier alpha value is -9.78. The fraction of sp³-hybridized carbons (Fsp3) is 0.610. The highest BCUT2D eigenvalue weighted by Gasteiger charge is 2.48. The summed E-state index contributed by atoms with van der Waals surface area (Å²) in [5, 5.41) is 0. The maximum Gasteiger partial charge on any atom is 0.410 e. The van der Waals surface area contributed by atoms with Crippen LogP contribution in [-0.4, -0.2) is 203 Å². The monoisotopic (exact) mass is 1870 g/mol. The number of fused-ring (bicyclic) bond motifs is 8. The highest BCUT2D eigenvalue weighted by molar-refractivity contribution is 5.89. The van der Waals surface area contributed by atoms with Crippen LogP contribution in [0.4, 0.5) is 14.4 Å². The van der Waals surface area contributed by atoms with Crippen LogP contribution in [0.2, 0.25) is 0 Å². The van der Waals surface area contributed by atoms with E-state index in [1.165, 1.54) is 89.1 Å². The third-order valence-corrected chi connectivity index (χ3v) is 32.1. The summed E-state index contributed by atoms with van der Waals surface area (Å²) in [6.07, 6.45) is 24.0. The van der Waals surface area contributed by atoms with Gasteiger partial charge in [0.2, 0.25) is 29.5 Å². The van der Waals surface area contributed by atoms with Crippen molar-refractivity contribution in [2.45, 2.75) is 313 Å². The molecule has 4 saturated carbocycles. The minimum Gasteiger partial charge on any atom is -0.447 e. The number of carbonyl (C=O) groups is 8. The van der Waals surface area contributed by atoms with Crippen LogP contribution < -0.4 is 0 Å². The molecule has 12 aliphatic rings. The number of amides is 8. The van der Waals surface area contributed by atoms with Crippen molar-refractivity contribution in [1.82, 2.24) is 39.2 Å². The summed E-state index contributed by atoms with van der Waals surface area (Å²) >= 11 is 0. The summed E-state index contributed by atoms with van der Waals surface area (Å²) in [6, 6.07) is 45.7. The fourth-order valence-electron chi connectivity index (χ4n) is 25.4. The number of nitrogens with zero attached hydrogens (tertiary/aromatic N) is 8. The lowest BCUT2D eigenvalue weighted by Crippen LogP contribution is -2.50. The normalized spacial score (nSPS) is 24.3. The topological polar surface area (TPSA) is 190 Å². The van der Waals surface area contributed by atoms with Crippen molar-refractivity contribution >= 4 is 70.1 Å². The van der Waals surface area contributed by atoms with E-state index in [2.05, 4.69) is 179 Å². The quantitative estimate of drug-likeness (QED) is 0.0674. The molecule has 8 amide bonds. The zero-order valence-electron chi connectivity index (χ0n) is 86.7. The van der Waals surface area contributed by atoms with Crippen molar-refractivity contribution in [2.24, 2.45) is 70.5 Å². The largest absolute Gasteiger partial charge is 0.447 e. The number of rotatable bonds is 20. The molecule has 0 radical (unpaired) electrons. The van der Waals surface area contributed by atoms with Gasteiger partial charge in [0.25, 0.3) is 0 Å². The predicted octanol–water partition coefficient (Wildman–Crippen LogP) is 23.5. The lowest BCUT2D eigenvalue weighted by atomic mass is 9.78. The Morgan fingerprint density at radius 3 is 0.971 bits per heavy atom. The van der Waals surface area contributed by atoms with E-state index in [4.69, 9.17) is 14.2 Å². The molecule has 0 bridgehead atoms. The van der Waals surface area contributed by atoms with E-state index in [-0.39, 0.29) is 83.5 Å². The molecular weight excluding hydrogens is 1710 g/mol. The van der Waals surface area contributed by atoms with Crippen molar-refractivity contribution in [1.29, 1.82) is 0 Å². The Labute approximate surface area is 821 Å². The van der Waals surface area contributed by atoms with E-state index in [0.29, 0.717) is 97.7 Å². The Morgan fingerprint density at radius 2 is 0.650 bits per heavy atom. The highest BCUT2D eigenvalue weighted by Crippen LogP contribution is 2.51. The molecule has 8 aliphatic carbocycles. The third-order valence-electron chi connectivity index (χ3n) is 32.1. The zero-order valence-corrected chi connectivity index (χ0v) is 86.7. The van der Waals surface area contributed by atoms with E-state index in [1.807, 2.05) is 105 Å². The van der Waals surface area contributed by atoms with Crippen LogP contribution in [0.25, 0.3) is 22.3 Å². The van der Waals surface area contributed by atoms with Gasteiger partial charge in [-0.2, -0.15) is 0 Å². The zero-order chi connectivity index (χ0) is 98.0. The van der Waals surface area contributed by atoms with Gasteiger partial charge in [0, 0.05) is 111 Å². The second-order valence-corrected chi connectivity index (χ2v) is 45.9. The molecule has 4 heterocycles. The standard InChI is InChI=1S/C32H40N2O3.C31H46N2O3.C28H40N2O3.C27H38N2O2/c1-22(2)30-29-19-26-11-7-8-12-27(26)28(29)17-18-34(30)31(35)25-15-13-23(14-16-25)20-33(3)32(36)37-21-24-9-5-4-6-10-24;1-30(2,3)19-27-26-18-23-10-8-9-11-24(23)25(26)16-17-33(27)28(34)22-14-12-21(13-15-22)20-32(7)29(35)36-31(4,5)6;1-18(2)26-25-16-22-8-6-7-9-23(22)24(25)14-15-30(26)27(31)21-12-10-20(11-13-21)17-29(5)28(32)33-19(3)4;1-5-25(30)28(4)17-19-10-12-20(13-11-19)27(31)29-15-14-23-22-9-7-6-8-21(22)16-24(23)26(29)18(2)3/h4-12,22-23,25,30H,13-21H2,1-3H3;8-11,21-22,27H,12-20H2,1-7H3;6-9,18-21,26H,10-17H2,1-5H3;6-9,18-20,26H,5,10-17H2,1-4H3. The summed E-state index contributed by atoms with van der Waals surface area (Å²) in [5.41, 5.74) is 23.9. The molecule has 19 heteroatoms. The van der Waals surface area contributed by atoms with Crippen LogP contribution in [-0.2, 0) is 70.5 Å². The second-order valence-electron chi connectivity index (χ2n) is 45.9. The second kappa shape index (κ2) is 45.6. The average molecular weight is 1870 g/mol. The van der Waals surface area contributed by atoms with Gasteiger partial charge in [-0.3, -0.25) is 24.0 Å². The number of benzene rings is 5. The van der Waals surface area contributed by atoms with Crippen molar-refractivity contribution in [3.63, 3.8) is 0 Å². The van der Waals surface area contributed by atoms with Gasteiger partial charge in [0.1, 0.15) is 12.2 Å². The molecule has 0 N–H and O–H groups in total. The van der Waals surface area contributed by atoms with Crippen LogP contribution in [0.3, 0.4) is 0 Å². The average Bonchev–Trinajstić information content (AvgIpc) is 1.63. The first-order valence-electron chi connectivity index (χ1n) is 52.8. The van der Waals surface area contributed by atoms with Crippen molar-refractivity contribution in [2.75, 3.05) is 80.5 Å². The van der Waals surface area contributed by atoms with Gasteiger partial charge in [-0.1, -0.05) is 197 Å². The minimum absolute atomic E-state index is 0.0961. The van der Waals surface area contributed by atoms with Crippen molar-refractivity contribution in [3.8, 4) is 0 Å². The molecule has 19 nitrogen and oxygen atoms in total. The molecule has 4 unspecified atom stereocenters. The highest BCUT2D eigenvalue weighted by atomic mass is 16.6. The Morgan fingerprint density at radius 1 is 0.358 bits per heavy atom. The number of hydrogen-bond acceptors (Lipinski definition) is 11. The molecule has 0 aromatic heterocycles. The maximum atomic E-state index is 13.9. The molecule has 5 aromatic rings. The van der Waals surface area contributed by atoms with E-state index in [1.54, 1.807) is 14.7 Å². The summed E-state index contributed by atoms with van der Waals surface area (Å²) in [4.78, 5) is 120. The molecule has 742 valence electrons. The number of ether oxygens (including phenoxy) is 3. The van der Waals surface area contributed by atoms with Crippen LogP contribution >= 0.6 is 0 Å².